The molecule has 0 bridgehead atoms. The van der Waals surface area contributed by atoms with E-state index >= 15 is 0 Å². The van der Waals surface area contributed by atoms with Crippen LogP contribution in [0.4, 0.5) is 17.1 Å². The van der Waals surface area contributed by atoms with Crippen LogP contribution in [0.2, 0.25) is 5.02 Å². The standard InChI is InChI=1S/C22H27N3O2S2.C15H12ClNO2S2.C15H12N2O2S.C15H14N2S.C7H3ClN2O2/c1-16-5-6-17(2)21(13-16)28-20-8-7-18(15-23)14-22(20)29(26,27)25-11-9-19(10-12-25)24(3)4;1-10-3-4-11(2)14(7-10)20-13-6-5-12(9-17)8-15(13)21(16,18)19;1-10-3-4-11(2)15(7-10)20-14-6-5-12(9-16)8-13(14)17(18)19;1-10-3-4-11(2)15(7-10)18-14-6-5-12(9-16)8-13(14)17;8-6-2-1-5(4-9)3-7(6)10(11)12/h5-8,13-14,19H,9-12H2,1-4H3;3-8H,1-2H3;3-8H,1-2H3;3-8H,17H2,1-2H3;1-3H. The number of nitrogens with zero attached hydrogens (tertiary/aromatic N) is 9. The van der Waals surface area contributed by atoms with Crippen molar-refractivity contribution in [3.8, 4) is 30.3 Å². The van der Waals surface area contributed by atoms with Gasteiger partial charge in [0.15, 0.2) is 0 Å². The van der Waals surface area contributed by atoms with E-state index in [1.165, 1.54) is 81.6 Å². The maximum Gasteiger partial charge on any atom is 0.289 e. The molecule has 100 heavy (non-hydrogen) atoms. The second-order valence-corrected chi connectivity index (χ2v) is 32.2. The summed E-state index contributed by atoms with van der Waals surface area (Å²) in [5.74, 6) is 0. The zero-order valence-electron chi connectivity index (χ0n) is 56.1. The van der Waals surface area contributed by atoms with Gasteiger partial charge < -0.3 is 10.6 Å². The number of benzene rings is 9. The molecule has 0 radical (unpaired) electrons. The molecule has 9 aromatic rings. The molecule has 18 nitrogen and oxygen atoms in total. The van der Waals surface area contributed by atoms with Crippen LogP contribution in [0.25, 0.3) is 0 Å². The molecule has 0 aromatic heterocycles. The predicted octanol–water partition coefficient (Wildman–Crippen LogP) is 18.6. The lowest BCUT2D eigenvalue weighted by Gasteiger charge is -2.34. The summed E-state index contributed by atoms with van der Waals surface area (Å²) >= 11 is 11.3. The first kappa shape index (κ1) is 79.8. The van der Waals surface area contributed by atoms with Gasteiger partial charge in [-0.15, -0.1) is 0 Å². The Morgan fingerprint density at radius 1 is 0.450 bits per heavy atom. The van der Waals surface area contributed by atoms with Gasteiger partial charge in [-0.1, -0.05) is 107 Å². The van der Waals surface area contributed by atoms with Crippen LogP contribution < -0.4 is 5.73 Å². The summed E-state index contributed by atoms with van der Waals surface area (Å²) in [5, 5.41) is 65.7. The maximum absolute atomic E-state index is 13.5. The molecule has 1 fully saturated rings. The summed E-state index contributed by atoms with van der Waals surface area (Å²) in [6.45, 7) is 17.1. The zero-order chi connectivity index (χ0) is 73.8. The number of sulfonamides is 1. The zero-order valence-corrected chi connectivity index (χ0v) is 62.5. The SMILES string of the molecule is Cc1ccc(C)c(Sc2ccc(C#N)cc2N)c1.Cc1ccc(C)c(Sc2ccc(C#N)cc2S(=O)(=O)Cl)c1.Cc1ccc(C)c(Sc2ccc(C#N)cc2S(=O)(=O)N2CCC(N(C)C)CC2)c1.Cc1ccc(C)c(Sc2ccc(C#N)cc2[N+](=O)[O-])c1.N#Cc1ccc(Cl)c([N+](=O)[O-])c1. The molecule has 0 unspecified atom stereocenters. The van der Waals surface area contributed by atoms with Gasteiger partial charge in [0.1, 0.15) is 5.02 Å². The third-order valence-electron chi connectivity index (χ3n) is 15.1. The smallest absolute Gasteiger partial charge is 0.289 e. The highest BCUT2D eigenvalue weighted by molar-refractivity contribution is 8.14. The van der Waals surface area contributed by atoms with Gasteiger partial charge in [-0.3, -0.25) is 20.2 Å². The number of anilines is 1. The van der Waals surface area contributed by atoms with Crippen LogP contribution in [0.3, 0.4) is 0 Å². The minimum absolute atomic E-state index is 0.0324. The monoisotopic (exact) mass is 1490 g/mol. The van der Waals surface area contributed by atoms with Crippen LogP contribution in [0.15, 0.2) is 213 Å². The van der Waals surface area contributed by atoms with Gasteiger partial charge in [0, 0.05) is 81.9 Å². The van der Waals surface area contributed by atoms with Gasteiger partial charge in [0.25, 0.3) is 20.4 Å². The molecule has 0 amide bonds. The van der Waals surface area contributed by atoms with E-state index in [0.717, 1.165) is 71.9 Å². The number of rotatable bonds is 14. The third-order valence-corrected chi connectivity index (χ3v) is 24.0. The Bertz CT molecular complexity index is 5020. The van der Waals surface area contributed by atoms with E-state index in [1.807, 2.05) is 122 Å². The van der Waals surface area contributed by atoms with E-state index in [9.17, 15) is 42.3 Å². The normalized spacial score (nSPS) is 11.9. The molecule has 1 aliphatic rings. The quantitative estimate of drug-likeness (QED) is 0.0457. The first-order valence-electron chi connectivity index (χ1n) is 30.3. The Morgan fingerprint density at radius 3 is 1.14 bits per heavy atom. The molecular weight excluding hydrogens is 1420 g/mol. The molecule has 2 N–H and O–H groups in total. The number of nitriles is 5. The second-order valence-electron chi connectivity index (χ2n) is 23.0. The minimum Gasteiger partial charge on any atom is -0.398 e. The van der Waals surface area contributed by atoms with Crippen LogP contribution in [0.1, 0.15) is 85.2 Å². The van der Waals surface area contributed by atoms with Crippen molar-refractivity contribution in [1.82, 2.24) is 9.21 Å². The summed E-state index contributed by atoms with van der Waals surface area (Å²) in [4.78, 5) is 29.6. The Hall–Kier alpha value is -9.17. The second kappa shape index (κ2) is 36.8. The Balaban J connectivity index is 0.000000202. The fraction of sp³-hybridized carbons (Fsp3) is 0.203. The highest BCUT2D eigenvalue weighted by Gasteiger charge is 2.32. The van der Waals surface area contributed by atoms with Crippen LogP contribution in [0.5, 0.6) is 0 Å². The van der Waals surface area contributed by atoms with Gasteiger partial charge in [-0.2, -0.15) is 30.6 Å². The highest BCUT2D eigenvalue weighted by atomic mass is 35.7. The van der Waals surface area contributed by atoms with Gasteiger partial charge >= 0.3 is 0 Å². The summed E-state index contributed by atoms with van der Waals surface area (Å²) in [6.07, 6.45) is 1.62. The number of piperidine rings is 1. The fourth-order valence-electron chi connectivity index (χ4n) is 9.45. The molecule has 10 rings (SSSR count). The minimum atomic E-state index is -3.91. The number of hydrogen-bond donors (Lipinski definition) is 1. The number of hydrogen-bond acceptors (Lipinski definition) is 19. The van der Waals surface area contributed by atoms with Gasteiger partial charge in [0.2, 0.25) is 10.0 Å². The lowest BCUT2D eigenvalue weighted by molar-refractivity contribution is -0.387. The van der Waals surface area contributed by atoms with Crippen molar-refractivity contribution < 1.29 is 26.7 Å². The van der Waals surface area contributed by atoms with Crippen LogP contribution in [-0.2, 0) is 19.1 Å². The van der Waals surface area contributed by atoms with Gasteiger partial charge in [-0.25, -0.2) is 16.8 Å². The maximum atomic E-state index is 13.5. The number of nitrogen functional groups attached to an aromatic ring is 1. The molecule has 0 atom stereocenters. The molecule has 1 saturated heterocycles. The summed E-state index contributed by atoms with van der Waals surface area (Å²) < 4.78 is 51.9. The predicted molar refractivity (Wildman–Crippen MR) is 397 cm³/mol. The van der Waals surface area contributed by atoms with Crippen LogP contribution in [0, 0.1) is 132 Å². The molecule has 512 valence electrons. The summed E-state index contributed by atoms with van der Waals surface area (Å²) in [7, 11) is 1.96. The average molecular weight is 1490 g/mol. The molecule has 1 aliphatic heterocycles. The summed E-state index contributed by atoms with van der Waals surface area (Å²) in [6, 6.07) is 58.0. The molecule has 9 aromatic carbocycles. The van der Waals surface area contributed by atoms with Gasteiger partial charge in [-0.05, 0) is 230 Å². The van der Waals surface area contributed by atoms with E-state index < -0.39 is 28.9 Å². The Kier molecular flexibility index (Phi) is 29.4. The van der Waals surface area contributed by atoms with Crippen LogP contribution in [-0.4, -0.2) is 69.1 Å². The lowest BCUT2D eigenvalue weighted by Crippen LogP contribution is -2.44. The molecular formula is C74H68Cl2N10O8S6. The first-order chi connectivity index (χ1) is 47.3. The Morgan fingerprint density at radius 2 is 0.770 bits per heavy atom. The van der Waals surface area contributed by atoms with E-state index in [2.05, 4.69) is 55.2 Å². The number of aryl methyl sites for hydroxylation is 8. The van der Waals surface area contributed by atoms with E-state index in [4.69, 9.17) is 49.1 Å². The van der Waals surface area contributed by atoms with Crippen molar-refractivity contribution in [2.45, 2.75) is 123 Å². The van der Waals surface area contributed by atoms with Crippen molar-refractivity contribution in [1.29, 1.82) is 26.3 Å². The number of halogens is 2. The van der Waals surface area contributed by atoms with Crippen molar-refractivity contribution in [3.63, 3.8) is 0 Å². The molecule has 0 spiro atoms. The average Bonchev–Trinajstić information content (AvgIpc) is 0.783. The first-order valence-corrected chi connectivity index (χ1v) is 37.7. The number of nitro benzene ring substituents is 2. The third kappa shape index (κ3) is 22.7. The Labute approximate surface area is 610 Å². The van der Waals surface area contributed by atoms with E-state index in [1.54, 1.807) is 70.7 Å². The van der Waals surface area contributed by atoms with Crippen molar-refractivity contribution in [2.75, 3.05) is 32.9 Å². The highest BCUT2D eigenvalue weighted by Crippen LogP contribution is 2.41. The van der Waals surface area contributed by atoms with Crippen molar-refractivity contribution in [3.05, 3.63) is 261 Å². The van der Waals surface area contributed by atoms with Crippen LogP contribution >= 0.6 is 69.3 Å². The molecule has 26 heteroatoms. The topological polar surface area (TPSA) is 306 Å². The molecule has 0 aliphatic carbocycles. The number of nitrogens with two attached hydrogens (primary N) is 1. The van der Waals surface area contributed by atoms with E-state index in [0.29, 0.717) is 56.2 Å². The lowest BCUT2D eigenvalue weighted by atomic mass is 10.1. The van der Waals surface area contributed by atoms with E-state index in [-0.39, 0.29) is 37.3 Å². The van der Waals surface area contributed by atoms with Crippen molar-refractivity contribution in [2.24, 2.45) is 0 Å². The number of nitro groups is 2. The summed E-state index contributed by atoms with van der Waals surface area (Å²) in [5.41, 5.74) is 17.1. The van der Waals surface area contributed by atoms with Gasteiger partial charge in [0.05, 0.1) is 82.7 Å². The largest absolute Gasteiger partial charge is 0.398 e. The molecule has 0 saturated carbocycles. The molecule has 1 heterocycles. The van der Waals surface area contributed by atoms with Crippen molar-refractivity contribution >= 4 is 105 Å². The fourth-order valence-corrected chi connectivity index (χ4v) is 17.3.